The number of hydrogen-bond donors (Lipinski definition) is 1. The second kappa shape index (κ2) is 6.83. The molecule has 0 unspecified atom stereocenters. The van der Waals surface area contributed by atoms with E-state index in [-0.39, 0.29) is 11.9 Å². The molecule has 5 nitrogen and oxygen atoms in total. The highest BCUT2D eigenvalue weighted by atomic mass is 32.1. The maximum Gasteiger partial charge on any atom is 0.259 e. The molecule has 0 aromatic carbocycles. The fraction of sp³-hybridized carbons (Fsp3) is 0.450. The van der Waals surface area contributed by atoms with E-state index in [0.29, 0.717) is 34.2 Å². The van der Waals surface area contributed by atoms with E-state index >= 15 is 0 Å². The smallest absolute Gasteiger partial charge is 0.259 e. The van der Waals surface area contributed by atoms with Crippen LogP contribution in [0.25, 0.3) is 21.7 Å². The van der Waals surface area contributed by atoms with Gasteiger partial charge in [0.15, 0.2) is 0 Å². The van der Waals surface area contributed by atoms with Crippen molar-refractivity contribution in [3.63, 3.8) is 0 Å². The third kappa shape index (κ3) is 3.03. The van der Waals surface area contributed by atoms with Crippen LogP contribution in [0.5, 0.6) is 0 Å². The average molecular weight is 369 g/mol. The summed E-state index contributed by atoms with van der Waals surface area (Å²) in [5.41, 5.74) is 2.46. The summed E-state index contributed by atoms with van der Waals surface area (Å²) in [5, 5.41) is 9.99. The fourth-order valence-corrected chi connectivity index (χ4v) is 4.54. The van der Waals surface area contributed by atoms with Gasteiger partial charge >= 0.3 is 0 Å². The molecule has 0 radical (unpaired) electrons. The molecule has 3 heterocycles. The van der Waals surface area contributed by atoms with Crippen molar-refractivity contribution in [2.45, 2.75) is 46.1 Å². The summed E-state index contributed by atoms with van der Waals surface area (Å²) in [5.74, 6) is 1.04. The number of hydrogen-bond acceptors (Lipinski definition) is 5. The van der Waals surface area contributed by atoms with Crippen molar-refractivity contribution >= 4 is 28.3 Å². The lowest BCUT2D eigenvalue weighted by Gasteiger charge is -2.34. The van der Waals surface area contributed by atoms with Crippen LogP contribution in [0.15, 0.2) is 28.1 Å². The number of nitrogens with zero attached hydrogens (tertiary/aromatic N) is 2. The maximum absolute atomic E-state index is 13.1. The summed E-state index contributed by atoms with van der Waals surface area (Å²) < 4.78 is 5.37. The molecule has 6 heteroatoms. The molecule has 0 aliphatic heterocycles. The number of amides is 1. The molecule has 0 saturated heterocycles. The zero-order chi connectivity index (χ0) is 18.3. The normalized spacial score (nSPS) is 23.3. The molecule has 26 heavy (non-hydrogen) atoms. The van der Waals surface area contributed by atoms with Crippen molar-refractivity contribution in [2.75, 3.05) is 0 Å². The van der Waals surface area contributed by atoms with Crippen LogP contribution in [-0.2, 0) is 0 Å². The van der Waals surface area contributed by atoms with Crippen LogP contribution in [0.2, 0.25) is 0 Å². The molecule has 0 spiro atoms. The second-order valence-corrected chi connectivity index (χ2v) is 8.28. The van der Waals surface area contributed by atoms with Crippen LogP contribution in [0.1, 0.15) is 49.2 Å². The van der Waals surface area contributed by atoms with Gasteiger partial charge in [0.2, 0.25) is 0 Å². The highest BCUT2D eigenvalue weighted by molar-refractivity contribution is 7.13. The zero-order valence-corrected chi connectivity index (χ0v) is 16.1. The summed E-state index contributed by atoms with van der Waals surface area (Å²) in [6.07, 6.45) is 3.43. The largest absolute Gasteiger partial charge is 0.349 e. The molecule has 3 aromatic heterocycles. The van der Waals surface area contributed by atoms with Gasteiger partial charge < -0.3 is 9.84 Å². The molecule has 1 fully saturated rings. The van der Waals surface area contributed by atoms with Crippen molar-refractivity contribution in [3.05, 3.63) is 34.8 Å². The fourth-order valence-electron chi connectivity index (χ4n) is 3.86. The number of pyridine rings is 1. The van der Waals surface area contributed by atoms with Crippen LogP contribution < -0.4 is 5.32 Å². The molecule has 3 atom stereocenters. The highest BCUT2D eigenvalue weighted by Gasteiger charge is 2.29. The summed E-state index contributed by atoms with van der Waals surface area (Å²) in [6.45, 7) is 6.35. The number of fused-ring (bicyclic) bond motifs is 1. The van der Waals surface area contributed by atoms with E-state index < -0.39 is 0 Å². The van der Waals surface area contributed by atoms with Crippen molar-refractivity contribution in [1.82, 2.24) is 15.5 Å². The SMILES string of the molecule is Cc1noc2nc(-c3cccs3)cc(C(=O)N[C@@H]3CCC[C@H](C)[C@@H]3C)c12. The summed E-state index contributed by atoms with van der Waals surface area (Å²) >= 11 is 1.59. The molecule has 1 N–H and O–H groups in total. The van der Waals surface area contributed by atoms with Gasteiger partial charge in [0.1, 0.15) is 0 Å². The summed E-state index contributed by atoms with van der Waals surface area (Å²) in [7, 11) is 0. The number of rotatable bonds is 3. The first-order chi connectivity index (χ1) is 12.5. The van der Waals surface area contributed by atoms with Crippen molar-refractivity contribution in [1.29, 1.82) is 0 Å². The Morgan fingerprint density at radius 2 is 2.19 bits per heavy atom. The topological polar surface area (TPSA) is 68.0 Å². The Bertz CT molecular complexity index is 932. The number of aromatic nitrogens is 2. The van der Waals surface area contributed by atoms with Gasteiger partial charge in [-0.2, -0.15) is 0 Å². The number of nitrogens with one attached hydrogen (secondary N) is 1. The Morgan fingerprint density at radius 1 is 1.35 bits per heavy atom. The number of aryl methyl sites for hydroxylation is 1. The standard InChI is InChI=1S/C20H23N3O2S/c1-11-6-4-7-15(12(11)2)21-19(24)14-10-16(17-8-5-9-26-17)22-20-18(14)13(3)23-25-20/h5,8-12,15H,4,6-7H2,1-3H3,(H,21,24)/t11-,12-,15+/m0/s1. The van der Waals surface area contributed by atoms with E-state index in [9.17, 15) is 4.79 Å². The Balaban J connectivity index is 1.72. The van der Waals surface area contributed by atoms with Crippen molar-refractivity contribution < 1.29 is 9.32 Å². The second-order valence-electron chi connectivity index (χ2n) is 7.33. The van der Waals surface area contributed by atoms with Crippen LogP contribution in [-0.4, -0.2) is 22.1 Å². The van der Waals surface area contributed by atoms with Crippen molar-refractivity contribution in [2.24, 2.45) is 11.8 Å². The summed E-state index contributed by atoms with van der Waals surface area (Å²) in [4.78, 5) is 18.7. The van der Waals surface area contributed by atoms with Gasteiger partial charge in [-0.3, -0.25) is 4.79 Å². The minimum absolute atomic E-state index is 0.0625. The molecular formula is C20H23N3O2S. The predicted molar refractivity (Wildman–Crippen MR) is 103 cm³/mol. The van der Waals surface area contributed by atoms with Crippen LogP contribution >= 0.6 is 11.3 Å². The van der Waals surface area contributed by atoms with Gasteiger partial charge in [-0.05, 0) is 42.7 Å². The van der Waals surface area contributed by atoms with Gasteiger partial charge in [0.25, 0.3) is 11.6 Å². The van der Waals surface area contributed by atoms with Gasteiger partial charge in [-0.1, -0.05) is 37.9 Å². The predicted octanol–water partition coefficient (Wildman–Crippen LogP) is 4.81. The lowest BCUT2D eigenvalue weighted by Crippen LogP contribution is -2.43. The number of carbonyl (C=O) groups excluding carboxylic acids is 1. The third-order valence-electron chi connectivity index (χ3n) is 5.66. The quantitative estimate of drug-likeness (QED) is 0.719. The first-order valence-electron chi connectivity index (χ1n) is 9.16. The minimum atomic E-state index is -0.0625. The summed E-state index contributed by atoms with van der Waals surface area (Å²) in [6, 6.07) is 6.04. The van der Waals surface area contributed by atoms with E-state index in [4.69, 9.17) is 4.52 Å². The van der Waals surface area contributed by atoms with E-state index in [1.165, 1.54) is 6.42 Å². The van der Waals surface area contributed by atoms with Gasteiger partial charge in [-0.15, -0.1) is 11.3 Å². The molecule has 1 aliphatic carbocycles. The molecule has 0 bridgehead atoms. The third-order valence-corrected chi connectivity index (χ3v) is 6.55. The first-order valence-corrected chi connectivity index (χ1v) is 10.0. The number of carbonyl (C=O) groups is 1. The molecule has 3 aromatic rings. The van der Waals surface area contributed by atoms with Crippen LogP contribution in [0.4, 0.5) is 0 Å². The Labute approximate surface area is 156 Å². The molecule has 1 amide bonds. The first kappa shape index (κ1) is 17.2. The van der Waals surface area contributed by atoms with E-state index in [2.05, 4.69) is 29.3 Å². The lowest BCUT2D eigenvalue weighted by molar-refractivity contribution is 0.0892. The van der Waals surface area contributed by atoms with E-state index in [1.54, 1.807) is 11.3 Å². The molecule has 4 rings (SSSR count). The van der Waals surface area contributed by atoms with Crippen LogP contribution in [0, 0.1) is 18.8 Å². The average Bonchev–Trinajstić information content (AvgIpc) is 3.28. The molecule has 1 aliphatic rings. The zero-order valence-electron chi connectivity index (χ0n) is 15.3. The number of thiophene rings is 1. The minimum Gasteiger partial charge on any atom is -0.349 e. The van der Waals surface area contributed by atoms with Crippen LogP contribution in [0.3, 0.4) is 0 Å². The van der Waals surface area contributed by atoms with Gasteiger partial charge in [-0.25, -0.2) is 4.98 Å². The Morgan fingerprint density at radius 3 is 2.96 bits per heavy atom. The van der Waals surface area contributed by atoms with Crippen molar-refractivity contribution in [3.8, 4) is 10.6 Å². The molecule has 136 valence electrons. The van der Waals surface area contributed by atoms with E-state index in [1.807, 2.05) is 30.5 Å². The Kier molecular flexibility index (Phi) is 4.53. The van der Waals surface area contributed by atoms with Gasteiger partial charge in [0, 0.05) is 6.04 Å². The van der Waals surface area contributed by atoms with E-state index in [0.717, 1.165) is 23.4 Å². The highest BCUT2D eigenvalue weighted by Crippen LogP contribution is 2.32. The molecular weight excluding hydrogens is 346 g/mol. The monoisotopic (exact) mass is 369 g/mol. The lowest BCUT2D eigenvalue weighted by atomic mass is 9.78. The maximum atomic E-state index is 13.1. The van der Waals surface area contributed by atoms with Gasteiger partial charge in [0.05, 0.1) is 27.2 Å². The molecule has 1 saturated carbocycles. The Hall–Kier alpha value is -2.21.